The van der Waals surface area contributed by atoms with Crippen LogP contribution in [-0.4, -0.2) is 18.5 Å². The highest BCUT2D eigenvalue weighted by molar-refractivity contribution is 5.77. The van der Waals surface area contributed by atoms with Crippen LogP contribution < -0.4 is 10.6 Å². The van der Waals surface area contributed by atoms with Crippen LogP contribution in [0.1, 0.15) is 19.4 Å². The zero-order valence-electron chi connectivity index (χ0n) is 9.89. The predicted molar refractivity (Wildman–Crippen MR) is 61.3 cm³/mol. The first-order chi connectivity index (χ1) is 7.99. The molecule has 0 heterocycles. The minimum atomic E-state index is -0.906. The summed E-state index contributed by atoms with van der Waals surface area (Å²) in [5.74, 6) is -1.97. The van der Waals surface area contributed by atoms with E-state index >= 15 is 0 Å². The van der Waals surface area contributed by atoms with Crippen LogP contribution >= 0.6 is 0 Å². The fourth-order valence-electron chi connectivity index (χ4n) is 1.21. The lowest BCUT2D eigenvalue weighted by Crippen LogP contribution is -2.36. The van der Waals surface area contributed by atoms with Gasteiger partial charge in [-0.3, -0.25) is 4.79 Å². The Morgan fingerprint density at radius 1 is 1.29 bits per heavy atom. The van der Waals surface area contributed by atoms with Crippen molar-refractivity contribution in [2.75, 3.05) is 6.54 Å². The number of amides is 1. The SMILES string of the molecule is CC(C)NCC(=O)NCc1ccc(F)c(F)c1. The summed E-state index contributed by atoms with van der Waals surface area (Å²) in [6, 6.07) is 3.78. The van der Waals surface area contributed by atoms with E-state index in [9.17, 15) is 13.6 Å². The van der Waals surface area contributed by atoms with Crippen LogP contribution in [0.3, 0.4) is 0 Å². The summed E-state index contributed by atoms with van der Waals surface area (Å²) in [7, 11) is 0. The number of carbonyl (C=O) groups excluding carboxylic acids is 1. The molecule has 1 aromatic carbocycles. The van der Waals surface area contributed by atoms with Crippen molar-refractivity contribution in [2.24, 2.45) is 0 Å². The first kappa shape index (κ1) is 13.6. The molecule has 0 saturated heterocycles. The smallest absolute Gasteiger partial charge is 0.234 e. The minimum absolute atomic E-state index is 0.177. The lowest BCUT2D eigenvalue weighted by molar-refractivity contribution is -0.120. The maximum Gasteiger partial charge on any atom is 0.234 e. The van der Waals surface area contributed by atoms with Crippen molar-refractivity contribution in [1.82, 2.24) is 10.6 Å². The molecule has 17 heavy (non-hydrogen) atoms. The van der Waals surface area contributed by atoms with Gasteiger partial charge in [0.2, 0.25) is 5.91 Å². The first-order valence-corrected chi connectivity index (χ1v) is 5.43. The Morgan fingerprint density at radius 3 is 2.59 bits per heavy atom. The molecule has 0 aliphatic carbocycles. The maximum atomic E-state index is 12.9. The molecule has 5 heteroatoms. The molecule has 0 aromatic heterocycles. The van der Waals surface area contributed by atoms with E-state index in [0.29, 0.717) is 5.56 Å². The fourth-order valence-corrected chi connectivity index (χ4v) is 1.21. The van der Waals surface area contributed by atoms with E-state index in [-0.39, 0.29) is 25.0 Å². The number of benzene rings is 1. The van der Waals surface area contributed by atoms with E-state index in [4.69, 9.17) is 0 Å². The van der Waals surface area contributed by atoms with Crippen molar-refractivity contribution in [2.45, 2.75) is 26.4 Å². The van der Waals surface area contributed by atoms with E-state index in [1.54, 1.807) is 0 Å². The van der Waals surface area contributed by atoms with E-state index in [0.717, 1.165) is 12.1 Å². The Kier molecular flexibility index (Phi) is 5.03. The molecule has 3 nitrogen and oxygen atoms in total. The van der Waals surface area contributed by atoms with E-state index < -0.39 is 11.6 Å². The van der Waals surface area contributed by atoms with Gasteiger partial charge in [-0.25, -0.2) is 8.78 Å². The normalized spacial score (nSPS) is 10.6. The average Bonchev–Trinajstić information content (AvgIpc) is 2.28. The molecule has 1 rings (SSSR count). The summed E-state index contributed by atoms with van der Waals surface area (Å²) in [6.45, 7) is 4.27. The number of hydrogen-bond acceptors (Lipinski definition) is 2. The quantitative estimate of drug-likeness (QED) is 0.823. The Morgan fingerprint density at radius 2 is 2.00 bits per heavy atom. The molecule has 0 radical (unpaired) electrons. The van der Waals surface area contributed by atoms with Crippen molar-refractivity contribution in [1.29, 1.82) is 0 Å². The van der Waals surface area contributed by atoms with Crippen LogP contribution in [0.5, 0.6) is 0 Å². The van der Waals surface area contributed by atoms with Crippen molar-refractivity contribution >= 4 is 5.91 Å². The standard InChI is InChI=1S/C12H16F2N2O/c1-8(2)15-7-12(17)16-6-9-3-4-10(13)11(14)5-9/h3-5,8,15H,6-7H2,1-2H3,(H,16,17). The molecule has 0 bridgehead atoms. The second-order valence-electron chi connectivity index (χ2n) is 4.06. The average molecular weight is 242 g/mol. The number of nitrogens with one attached hydrogen (secondary N) is 2. The van der Waals surface area contributed by atoms with Crippen molar-refractivity contribution < 1.29 is 13.6 Å². The molecular formula is C12H16F2N2O. The molecule has 2 N–H and O–H groups in total. The molecule has 0 atom stereocenters. The van der Waals surface area contributed by atoms with E-state index in [1.807, 2.05) is 13.8 Å². The third kappa shape index (κ3) is 4.91. The molecule has 94 valence electrons. The van der Waals surface area contributed by atoms with Gasteiger partial charge in [-0.15, -0.1) is 0 Å². The predicted octanol–water partition coefficient (Wildman–Crippen LogP) is 1.58. The van der Waals surface area contributed by atoms with Gasteiger partial charge in [0.15, 0.2) is 11.6 Å². The third-order valence-corrected chi connectivity index (χ3v) is 2.14. The van der Waals surface area contributed by atoms with Gasteiger partial charge in [0.05, 0.1) is 6.54 Å². The molecule has 1 amide bonds. The molecule has 0 saturated carbocycles. The first-order valence-electron chi connectivity index (χ1n) is 5.43. The largest absolute Gasteiger partial charge is 0.351 e. The van der Waals surface area contributed by atoms with Crippen LogP contribution in [0.15, 0.2) is 18.2 Å². The van der Waals surface area contributed by atoms with Crippen molar-refractivity contribution in [3.8, 4) is 0 Å². The summed E-state index contributed by atoms with van der Waals surface area (Å²) in [6.07, 6.45) is 0. The Hall–Kier alpha value is -1.49. The zero-order valence-corrected chi connectivity index (χ0v) is 9.89. The topological polar surface area (TPSA) is 41.1 Å². The second-order valence-corrected chi connectivity index (χ2v) is 4.06. The van der Waals surface area contributed by atoms with Gasteiger partial charge in [0.25, 0.3) is 0 Å². The number of hydrogen-bond donors (Lipinski definition) is 2. The summed E-state index contributed by atoms with van der Waals surface area (Å²) in [5.41, 5.74) is 0.529. The number of rotatable bonds is 5. The minimum Gasteiger partial charge on any atom is -0.351 e. The van der Waals surface area contributed by atoms with Gasteiger partial charge < -0.3 is 10.6 Å². The lowest BCUT2D eigenvalue weighted by atomic mass is 10.2. The van der Waals surface area contributed by atoms with Gasteiger partial charge in [0.1, 0.15) is 0 Å². The summed E-state index contributed by atoms with van der Waals surface area (Å²) < 4.78 is 25.5. The van der Waals surface area contributed by atoms with Gasteiger partial charge in [-0.2, -0.15) is 0 Å². The highest BCUT2D eigenvalue weighted by Gasteiger charge is 2.05. The third-order valence-electron chi connectivity index (χ3n) is 2.14. The van der Waals surface area contributed by atoms with Crippen LogP contribution in [-0.2, 0) is 11.3 Å². The highest BCUT2D eigenvalue weighted by atomic mass is 19.2. The molecule has 0 aliphatic rings. The van der Waals surface area contributed by atoms with Crippen LogP contribution in [0.4, 0.5) is 8.78 Å². The van der Waals surface area contributed by atoms with E-state index in [1.165, 1.54) is 6.07 Å². The highest BCUT2D eigenvalue weighted by Crippen LogP contribution is 2.08. The van der Waals surface area contributed by atoms with Crippen LogP contribution in [0, 0.1) is 11.6 Å². The lowest BCUT2D eigenvalue weighted by Gasteiger charge is -2.09. The molecule has 1 aromatic rings. The van der Waals surface area contributed by atoms with Gasteiger partial charge in [-0.1, -0.05) is 19.9 Å². The second kappa shape index (κ2) is 6.30. The fraction of sp³-hybridized carbons (Fsp3) is 0.417. The zero-order chi connectivity index (χ0) is 12.8. The molecule has 0 aliphatic heterocycles. The van der Waals surface area contributed by atoms with Gasteiger partial charge in [-0.05, 0) is 17.7 Å². The summed E-state index contributed by atoms with van der Waals surface area (Å²) >= 11 is 0. The molecule has 0 unspecified atom stereocenters. The molecular weight excluding hydrogens is 226 g/mol. The van der Waals surface area contributed by atoms with Crippen molar-refractivity contribution in [3.63, 3.8) is 0 Å². The number of carbonyl (C=O) groups is 1. The Labute approximate surface area is 99.2 Å². The maximum absolute atomic E-state index is 12.9. The molecule has 0 fully saturated rings. The molecule has 0 spiro atoms. The summed E-state index contributed by atoms with van der Waals surface area (Å²) in [5, 5.41) is 5.57. The summed E-state index contributed by atoms with van der Waals surface area (Å²) in [4.78, 5) is 11.3. The van der Waals surface area contributed by atoms with E-state index in [2.05, 4.69) is 10.6 Å². The monoisotopic (exact) mass is 242 g/mol. The number of halogens is 2. The Bertz CT molecular complexity index is 394. The van der Waals surface area contributed by atoms with Gasteiger partial charge in [0, 0.05) is 12.6 Å². The van der Waals surface area contributed by atoms with Crippen molar-refractivity contribution in [3.05, 3.63) is 35.4 Å². The van der Waals surface area contributed by atoms with Gasteiger partial charge >= 0.3 is 0 Å². The Balaban J connectivity index is 2.39. The van der Waals surface area contributed by atoms with Crippen LogP contribution in [0.25, 0.3) is 0 Å². The van der Waals surface area contributed by atoms with Crippen LogP contribution in [0.2, 0.25) is 0 Å².